The zero-order valence-electron chi connectivity index (χ0n) is 10.9. The van der Waals surface area contributed by atoms with Gasteiger partial charge < -0.3 is 15.3 Å². The first-order valence-electron chi connectivity index (χ1n) is 5.84. The highest BCUT2D eigenvalue weighted by Gasteiger charge is 2.58. The van der Waals surface area contributed by atoms with Crippen LogP contribution < -0.4 is 0 Å². The highest BCUT2D eigenvalue weighted by molar-refractivity contribution is 5.87. The number of aliphatic hydroxyl groups excluding tert-OH is 1. The van der Waals surface area contributed by atoms with Crippen molar-refractivity contribution in [1.29, 1.82) is 0 Å². The molecule has 3 N–H and O–H groups in total. The van der Waals surface area contributed by atoms with Crippen LogP contribution in [0.1, 0.15) is 40.5 Å². The lowest BCUT2D eigenvalue weighted by molar-refractivity contribution is -0.216. The van der Waals surface area contributed by atoms with Crippen molar-refractivity contribution in [3.05, 3.63) is 12.2 Å². The molecule has 3 unspecified atom stereocenters. The molecule has 1 aliphatic carbocycles. The molecule has 0 radical (unpaired) electrons. The molecule has 0 aliphatic heterocycles. The summed E-state index contributed by atoms with van der Waals surface area (Å²) in [6, 6.07) is 0. The number of aliphatic hydroxyl groups is 3. The normalized spacial score (nSPS) is 41.7. The van der Waals surface area contributed by atoms with Crippen molar-refractivity contribution in [3.63, 3.8) is 0 Å². The zero-order chi connectivity index (χ0) is 13.5. The van der Waals surface area contributed by atoms with Crippen LogP contribution in [0.2, 0.25) is 0 Å². The van der Waals surface area contributed by atoms with Gasteiger partial charge in [0.25, 0.3) is 0 Å². The molecule has 0 bridgehead atoms. The van der Waals surface area contributed by atoms with Crippen molar-refractivity contribution >= 4 is 5.78 Å². The summed E-state index contributed by atoms with van der Waals surface area (Å²) in [5.41, 5.74) is -3.69. The Labute approximate surface area is 102 Å². The molecule has 1 saturated carbocycles. The summed E-state index contributed by atoms with van der Waals surface area (Å²) < 4.78 is 0. The molecule has 98 valence electrons. The Kier molecular flexibility index (Phi) is 3.54. The second-order valence-corrected chi connectivity index (χ2v) is 5.93. The van der Waals surface area contributed by atoms with E-state index in [2.05, 4.69) is 0 Å². The van der Waals surface area contributed by atoms with Crippen molar-refractivity contribution in [2.75, 3.05) is 0 Å². The minimum absolute atomic E-state index is 0.0924. The van der Waals surface area contributed by atoms with E-state index in [9.17, 15) is 20.1 Å². The Morgan fingerprint density at radius 1 is 1.24 bits per heavy atom. The van der Waals surface area contributed by atoms with E-state index in [0.29, 0.717) is 6.42 Å². The molecule has 0 spiro atoms. The fourth-order valence-corrected chi connectivity index (χ4v) is 2.80. The first-order valence-corrected chi connectivity index (χ1v) is 5.84. The van der Waals surface area contributed by atoms with Crippen LogP contribution in [0.15, 0.2) is 12.2 Å². The minimum atomic E-state index is -1.52. The smallest absolute Gasteiger partial charge is 0.152 e. The fourth-order valence-electron chi connectivity index (χ4n) is 2.80. The van der Waals surface area contributed by atoms with Crippen LogP contribution >= 0.6 is 0 Å². The summed E-state index contributed by atoms with van der Waals surface area (Å²) in [7, 11) is 0. The molecule has 1 aliphatic rings. The summed E-state index contributed by atoms with van der Waals surface area (Å²) >= 11 is 0. The third-order valence-corrected chi connectivity index (χ3v) is 3.79. The Morgan fingerprint density at radius 2 is 1.76 bits per heavy atom. The van der Waals surface area contributed by atoms with Crippen LogP contribution in [0.5, 0.6) is 0 Å². The number of ketones is 1. The second kappa shape index (κ2) is 4.19. The Balaban J connectivity index is 3.19. The summed E-state index contributed by atoms with van der Waals surface area (Å²) in [6.07, 6.45) is 2.46. The van der Waals surface area contributed by atoms with Gasteiger partial charge in [-0.2, -0.15) is 0 Å². The van der Waals surface area contributed by atoms with E-state index in [1.807, 2.05) is 0 Å². The van der Waals surface area contributed by atoms with Gasteiger partial charge in [0.1, 0.15) is 5.60 Å². The van der Waals surface area contributed by atoms with Gasteiger partial charge >= 0.3 is 0 Å². The number of hydrogen-bond donors (Lipinski definition) is 3. The van der Waals surface area contributed by atoms with Gasteiger partial charge in [0.15, 0.2) is 5.78 Å². The predicted molar refractivity (Wildman–Crippen MR) is 64.4 cm³/mol. The molecule has 0 amide bonds. The van der Waals surface area contributed by atoms with Gasteiger partial charge in [-0.1, -0.05) is 13.8 Å². The average molecular weight is 242 g/mol. The monoisotopic (exact) mass is 242 g/mol. The fraction of sp³-hybridized carbons (Fsp3) is 0.769. The lowest BCUT2D eigenvalue weighted by atomic mass is 9.57. The summed E-state index contributed by atoms with van der Waals surface area (Å²) in [5.74, 6) is -0.184. The van der Waals surface area contributed by atoms with E-state index in [1.54, 1.807) is 13.8 Å². The molecular weight excluding hydrogens is 220 g/mol. The van der Waals surface area contributed by atoms with Crippen LogP contribution in [-0.4, -0.2) is 38.4 Å². The van der Waals surface area contributed by atoms with Crippen molar-refractivity contribution < 1.29 is 20.1 Å². The third-order valence-electron chi connectivity index (χ3n) is 3.79. The topological polar surface area (TPSA) is 77.8 Å². The number of allylic oxidation sites excluding steroid dienone is 1. The molecule has 0 saturated heterocycles. The van der Waals surface area contributed by atoms with Crippen LogP contribution in [0, 0.1) is 5.41 Å². The lowest BCUT2D eigenvalue weighted by Gasteiger charge is -2.54. The molecule has 0 aromatic carbocycles. The van der Waals surface area contributed by atoms with Crippen LogP contribution in [0.4, 0.5) is 0 Å². The van der Waals surface area contributed by atoms with Gasteiger partial charge in [-0.15, -0.1) is 0 Å². The molecule has 1 rings (SSSR count). The third kappa shape index (κ3) is 2.44. The minimum Gasteiger partial charge on any atom is -0.393 e. The Morgan fingerprint density at radius 3 is 2.18 bits per heavy atom. The van der Waals surface area contributed by atoms with Crippen molar-refractivity contribution in [2.45, 2.75) is 57.8 Å². The number of carbonyl (C=O) groups is 1. The van der Waals surface area contributed by atoms with E-state index < -0.39 is 22.7 Å². The first-order chi connectivity index (χ1) is 7.52. The second-order valence-electron chi connectivity index (χ2n) is 5.93. The molecule has 4 nitrogen and oxygen atoms in total. The predicted octanol–water partition coefficient (Wildman–Crippen LogP) is 0.795. The molecule has 0 heterocycles. The van der Waals surface area contributed by atoms with E-state index in [1.165, 1.54) is 26.0 Å². The van der Waals surface area contributed by atoms with Crippen LogP contribution in [0.3, 0.4) is 0 Å². The lowest BCUT2D eigenvalue weighted by Crippen LogP contribution is -2.65. The zero-order valence-corrected chi connectivity index (χ0v) is 10.9. The van der Waals surface area contributed by atoms with Gasteiger partial charge in [-0.05, 0) is 32.4 Å². The van der Waals surface area contributed by atoms with E-state index in [0.717, 1.165) is 0 Å². The Bertz CT molecular complexity index is 323. The van der Waals surface area contributed by atoms with Crippen LogP contribution in [0.25, 0.3) is 0 Å². The highest BCUT2D eigenvalue weighted by Crippen LogP contribution is 2.50. The van der Waals surface area contributed by atoms with Gasteiger partial charge in [-0.3, -0.25) is 4.79 Å². The number of hydrogen-bond acceptors (Lipinski definition) is 4. The number of rotatable bonds is 2. The molecule has 1 fully saturated rings. The molecule has 0 aromatic rings. The number of carbonyl (C=O) groups excluding carboxylic acids is 1. The van der Waals surface area contributed by atoms with Gasteiger partial charge in [-0.25, -0.2) is 0 Å². The summed E-state index contributed by atoms with van der Waals surface area (Å²) in [5, 5.41) is 30.8. The van der Waals surface area contributed by atoms with Crippen molar-refractivity contribution in [1.82, 2.24) is 0 Å². The SMILES string of the molecule is CC(=O)/C=C/C1(O)C(C)(C)CC(O)CC1(C)O. The van der Waals surface area contributed by atoms with Crippen molar-refractivity contribution in [2.24, 2.45) is 5.41 Å². The molecule has 17 heavy (non-hydrogen) atoms. The first kappa shape index (κ1) is 14.4. The Hall–Kier alpha value is -0.710. The van der Waals surface area contributed by atoms with Gasteiger partial charge in [0.05, 0.1) is 11.7 Å². The molecule has 4 heteroatoms. The molecule has 0 aromatic heterocycles. The maximum atomic E-state index is 11.0. The summed E-state index contributed by atoms with van der Waals surface area (Å²) in [6.45, 7) is 6.42. The molecule has 3 atom stereocenters. The largest absolute Gasteiger partial charge is 0.393 e. The van der Waals surface area contributed by atoms with E-state index in [4.69, 9.17) is 0 Å². The van der Waals surface area contributed by atoms with E-state index in [-0.39, 0.29) is 12.2 Å². The van der Waals surface area contributed by atoms with Gasteiger partial charge in [0.2, 0.25) is 0 Å². The average Bonchev–Trinajstić information content (AvgIpc) is 2.09. The standard InChI is InChI=1S/C13H22O4/c1-9(14)5-6-13(17)11(2,3)7-10(15)8-12(13,4)16/h5-6,10,15-17H,7-8H2,1-4H3/b6-5+. The maximum Gasteiger partial charge on any atom is 0.152 e. The van der Waals surface area contributed by atoms with Crippen LogP contribution in [-0.2, 0) is 4.79 Å². The van der Waals surface area contributed by atoms with Gasteiger partial charge in [0, 0.05) is 11.8 Å². The quantitative estimate of drug-likeness (QED) is 0.626. The summed E-state index contributed by atoms with van der Waals surface area (Å²) in [4.78, 5) is 11.0. The molecular formula is C13H22O4. The van der Waals surface area contributed by atoms with Crippen molar-refractivity contribution in [3.8, 4) is 0 Å². The highest BCUT2D eigenvalue weighted by atomic mass is 16.4. The van der Waals surface area contributed by atoms with E-state index >= 15 is 0 Å². The maximum absolute atomic E-state index is 11.0.